The van der Waals surface area contributed by atoms with E-state index in [0.717, 1.165) is 12.1 Å². The van der Waals surface area contributed by atoms with Crippen LogP contribution in [0.25, 0.3) is 5.76 Å². The highest BCUT2D eigenvalue weighted by Gasteiger charge is 2.46. The normalized spacial score (nSPS) is 17.4. The zero-order chi connectivity index (χ0) is 25.0. The highest BCUT2D eigenvalue weighted by Crippen LogP contribution is 2.44. The van der Waals surface area contributed by atoms with Gasteiger partial charge in [-0.25, -0.2) is 0 Å². The predicted octanol–water partition coefficient (Wildman–Crippen LogP) is 3.39. The van der Waals surface area contributed by atoms with E-state index in [4.69, 9.17) is 14.2 Å². The molecule has 1 atom stereocenters. The van der Waals surface area contributed by atoms with Gasteiger partial charge in [0.25, 0.3) is 11.7 Å². The summed E-state index contributed by atoms with van der Waals surface area (Å²) in [6, 6.07) is 9.53. The molecule has 182 valence electrons. The third-order valence-electron chi connectivity index (χ3n) is 5.95. The number of benzene rings is 2. The maximum absolute atomic E-state index is 13.2. The lowest BCUT2D eigenvalue weighted by Crippen LogP contribution is -2.32. The summed E-state index contributed by atoms with van der Waals surface area (Å²) in [4.78, 5) is 29.9. The first kappa shape index (κ1) is 25.1. The topological polar surface area (TPSA) is 88.5 Å². The summed E-state index contributed by atoms with van der Waals surface area (Å²) in [5.41, 5.74) is 1.86. The van der Waals surface area contributed by atoms with E-state index in [-0.39, 0.29) is 11.3 Å². The quantitative estimate of drug-likeness (QED) is 0.343. The van der Waals surface area contributed by atoms with E-state index in [2.05, 4.69) is 0 Å². The summed E-state index contributed by atoms with van der Waals surface area (Å²) >= 11 is 0. The lowest BCUT2D eigenvalue weighted by atomic mass is 9.94. The van der Waals surface area contributed by atoms with Crippen molar-refractivity contribution in [2.75, 3.05) is 48.5 Å². The molecule has 0 aromatic heterocycles. The number of hydrogen-bond acceptors (Lipinski definition) is 7. The van der Waals surface area contributed by atoms with Gasteiger partial charge in [-0.1, -0.05) is 0 Å². The van der Waals surface area contributed by atoms with Crippen LogP contribution in [0.15, 0.2) is 42.0 Å². The number of aliphatic hydroxyl groups is 1. The Morgan fingerprint density at radius 1 is 1.00 bits per heavy atom. The van der Waals surface area contributed by atoms with Crippen LogP contribution in [0.3, 0.4) is 0 Å². The van der Waals surface area contributed by atoms with Gasteiger partial charge in [0.05, 0.1) is 32.9 Å². The summed E-state index contributed by atoms with van der Waals surface area (Å²) in [6.07, 6.45) is 0.663. The second-order valence-corrected chi connectivity index (χ2v) is 8.44. The van der Waals surface area contributed by atoms with Crippen LogP contribution < -0.4 is 14.2 Å². The van der Waals surface area contributed by atoms with Crippen molar-refractivity contribution in [2.24, 2.45) is 0 Å². The first-order valence-corrected chi connectivity index (χ1v) is 11.0. The van der Waals surface area contributed by atoms with Crippen molar-refractivity contribution >= 4 is 17.4 Å². The summed E-state index contributed by atoms with van der Waals surface area (Å²) in [5.74, 6) is 0.0971. The van der Waals surface area contributed by atoms with Crippen LogP contribution in [0.5, 0.6) is 17.2 Å². The van der Waals surface area contributed by atoms with Gasteiger partial charge in [0.15, 0.2) is 0 Å². The molecule has 0 radical (unpaired) electrons. The molecule has 2 aromatic carbocycles. The molecule has 0 saturated carbocycles. The molecule has 1 aliphatic heterocycles. The largest absolute Gasteiger partial charge is 0.507 e. The Morgan fingerprint density at radius 3 is 2.29 bits per heavy atom. The average Bonchev–Trinajstić information content (AvgIpc) is 3.07. The van der Waals surface area contributed by atoms with Crippen LogP contribution in [-0.2, 0) is 9.59 Å². The highest BCUT2D eigenvalue weighted by atomic mass is 16.5. The summed E-state index contributed by atoms with van der Waals surface area (Å²) in [5, 5.41) is 11.3. The maximum atomic E-state index is 13.2. The number of hydrogen-bond donors (Lipinski definition) is 1. The molecule has 0 unspecified atom stereocenters. The minimum atomic E-state index is -0.801. The lowest BCUT2D eigenvalue weighted by Gasteiger charge is -2.27. The molecule has 0 bridgehead atoms. The third-order valence-corrected chi connectivity index (χ3v) is 5.95. The van der Waals surface area contributed by atoms with Crippen LogP contribution in [0.2, 0.25) is 0 Å². The molecular formula is C26H32N2O6. The fourth-order valence-electron chi connectivity index (χ4n) is 4.22. The van der Waals surface area contributed by atoms with Crippen molar-refractivity contribution in [1.82, 2.24) is 9.80 Å². The van der Waals surface area contributed by atoms with E-state index in [9.17, 15) is 14.7 Å². The molecule has 1 heterocycles. The fraction of sp³-hybridized carbons (Fsp3) is 0.385. The molecule has 1 aliphatic rings. The van der Waals surface area contributed by atoms with Crippen LogP contribution in [0.4, 0.5) is 0 Å². The number of Topliss-reactive ketones (excluding diaryl/α,β-unsaturated/α-hetero) is 1. The van der Waals surface area contributed by atoms with Gasteiger partial charge in [-0.3, -0.25) is 9.59 Å². The maximum Gasteiger partial charge on any atom is 0.295 e. The molecular weight excluding hydrogens is 436 g/mol. The van der Waals surface area contributed by atoms with Crippen LogP contribution in [0, 0.1) is 6.92 Å². The smallest absolute Gasteiger partial charge is 0.295 e. The number of aliphatic hydroxyl groups excluding tert-OH is 1. The molecule has 34 heavy (non-hydrogen) atoms. The second kappa shape index (κ2) is 10.6. The molecule has 3 rings (SSSR count). The van der Waals surface area contributed by atoms with Crippen LogP contribution >= 0.6 is 0 Å². The van der Waals surface area contributed by atoms with Crippen LogP contribution in [0.1, 0.15) is 29.2 Å². The molecule has 1 fully saturated rings. The Kier molecular flexibility index (Phi) is 7.83. The molecule has 1 N–H and O–H groups in total. The zero-order valence-electron chi connectivity index (χ0n) is 20.5. The van der Waals surface area contributed by atoms with E-state index in [1.54, 1.807) is 50.6 Å². The summed E-state index contributed by atoms with van der Waals surface area (Å²) < 4.78 is 16.2. The average molecular weight is 469 g/mol. The molecule has 0 aliphatic carbocycles. The number of likely N-dealkylation sites (tertiary alicyclic amines) is 1. The van der Waals surface area contributed by atoms with E-state index >= 15 is 0 Å². The number of carbonyl (C=O) groups is 2. The molecule has 2 aromatic rings. The minimum absolute atomic E-state index is 0.0305. The van der Waals surface area contributed by atoms with Crippen molar-refractivity contribution in [1.29, 1.82) is 0 Å². The number of ether oxygens (including phenoxy) is 3. The van der Waals surface area contributed by atoms with Gasteiger partial charge in [-0.2, -0.15) is 0 Å². The second-order valence-electron chi connectivity index (χ2n) is 8.44. The monoisotopic (exact) mass is 468 g/mol. The minimum Gasteiger partial charge on any atom is -0.507 e. The van der Waals surface area contributed by atoms with Crippen molar-refractivity contribution in [2.45, 2.75) is 19.4 Å². The molecule has 0 spiro atoms. The Morgan fingerprint density at radius 2 is 1.71 bits per heavy atom. The molecule has 1 saturated heterocycles. The van der Waals surface area contributed by atoms with Crippen molar-refractivity contribution < 1.29 is 28.9 Å². The number of amides is 1. The van der Waals surface area contributed by atoms with Crippen molar-refractivity contribution in [3.63, 3.8) is 0 Å². The van der Waals surface area contributed by atoms with Crippen LogP contribution in [-0.4, -0.2) is 75.1 Å². The van der Waals surface area contributed by atoms with Gasteiger partial charge in [0, 0.05) is 23.7 Å². The fourth-order valence-corrected chi connectivity index (χ4v) is 4.22. The number of rotatable bonds is 9. The number of carbonyl (C=O) groups excluding carboxylic acids is 2. The molecule has 8 nitrogen and oxygen atoms in total. The summed E-state index contributed by atoms with van der Waals surface area (Å²) in [7, 11) is 8.53. The van der Waals surface area contributed by atoms with Gasteiger partial charge in [-0.05, 0) is 69.9 Å². The van der Waals surface area contributed by atoms with Gasteiger partial charge < -0.3 is 29.1 Å². The van der Waals surface area contributed by atoms with Gasteiger partial charge in [0.1, 0.15) is 23.0 Å². The zero-order valence-corrected chi connectivity index (χ0v) is 20.5. The highest BCUT2D eigenvalue weighted by molar-refractivity contribution is 6.46. The first-order valence-electron chi connectivity index (χ1n) is 11.0. The van der Waals surface area contributed by atoms with E-state index in [0.29, 0.717) is 41.3 Å². The summed E-state index contributed by atoms with van der Waals surface area (Å²) in [6.45, 7) is 2.94. The van der Waals surface area contributed by atoms with E-state index in [1.807, 2.05) is 25.9 Å². The Balaban J connectivity index is 2.18. The third kappa shape index (κ3) is 4.87. The first-order chi connectivity index (χ1) is 16.2. The molecule has 1 amide bonds. The molecule has 8 heteroatoms. The number of aryl methyl sites for hydroxylation is 1. The Labute approximate surface area is 200 Å². The Bertz CT molecular complexity index is 1110. The number of ketones is 1. The SMILES string of the molecule is COc1ccc([C@H]2/C(=C(\O)c3ccc(OC)c(C)c3)C(=O)C(=O)N2CCCN(C)C)c(OC)c1. The van der Waals surface area contributed by atoms with Crippen molar-refractivity contribution in [3.8, 4) is 17.2 Å². The van der Waals surface area contributed by atoms with Crippen molar-refractivity contribution in [3.05, 3.63) is 58.7 Å². The van der Waals surface area contributed by atoms with E-state index in [1.165, 1.54) is 12.0 Å². The van der Waals surface area contributed by atoms with Gasteiger partial charge in [0.2, 0.25) is 0 Å². The number of nitrogens with zero attached hydrogens (tertiary/aromatic N) is 2. The predicted molar refractivity (Wildman–Crippen MR) is 129 cm³/mol. The Hall–Kier alpha value is -3.52. The lowest BCUT2D eigenvalue weighted by molar-refractivity contribution is -0.140. The van der Waals surface area contributed by atoms with Gasteiger partial charge in [-0.15, -0.1) is 0 Å². The number of methoxy groups -OCH3 is 3. The van der Waals surface area contributed by atoms with E-state index < -0.39 is 17.7 Å². The van der Waals surface area contributed by atoms with Gasteiger partial charge >= 0.3 is 0 Å². The standard InChI is InChI=1S/C26H32N2O6/c1-16-14-17(8-11-20(16)33-5)24(29)22-23(19-10-9-18(32-4)15-21(19)34-6)28(26(31)25(22)30)13-7-12-27(2)3/h8-11,14-15,23,29H,7,12-13H2,1-6H3/b24-22+/t23-/m0/s1.